The van der Waals surface area contributed by atoms with Gasteiger partial charge in [-0.05, 0) is 0 Å². The molecule has 0 aromatic carbocycles. The van der Waals surface area contributed by atoms with Gasteiger partial charge in [0.05, 0.1) is 25.3 Å². The highest BCUT2D eigenvalue weighted by molar-refractivity contribution is 5.89. The van der Waals surface area contributed by atoms with Gasteiger partial charge in [0.2, 0.25) is 0 Å². The van der Waals surface area contributed by atoms with Crippen LogP contribution in [0.5, 0.6) is 0 Å². The molecule has 2 rings (SSSR count). The van der Waals surface area contributed by atoms with E-state index in [2.05, 4.69) is 20.4 Å². The maximum Gasteiger partial charge on any atom is 0.169 e. The number of hydrogen-bond donors (Lipinski definition) is 4. The molecule has 0 saturated carbocycles. The molecule has 4 N–H and O–H groups in total. The van der Waals surface area contributed by atoms with Crippen LogP contribution in [0.4, 0.5) is 0 Å². The van der Waals surface area contributed by atoms with Gasteiger partial charge in [0.15, 0.2) is 5.78 Å². The van der Waals surface area contributed by atoms with E-state index < -0.39 is 0 Å². The monoisotopic (exact) mass is 286 g/mol. The van der Waals surface area contributed by atoms with E-state index >= 15 is 0 Å². The summed E-state index contributed by atoms with van der Waals surface area (Å²) in [6.45, 7) is 5.80. The van der Waals surface area contributed by atoms with Gasteiger partial charge in [0.1, 0.15) is 0 Å². The number of ketones is 1. The van der Waals surface area contributed by atoms with E-state index in [4.69, 9.17) is 10.2 Å². The van der Waals surface area contributed by atoms with Crippen LogP contribution in [0.3, 0.4) is 0 Å². The molecule has 0 aromatic heterocycles. The normalized spacial score (nSPS) is 29.5. The number of Topliss-reactive ketones (excluding diaryl/α,β-unsaturated/α-hetero) is 1. The first-order valence-corrected chi connectivity index (χ1v) is 7.43. The molecule has 2 atom stereocenters. The highest BCUT2D eigenvalue weighted by atomic mass is 16.3. The van der Waals surface area contributed by atoms with Crippen LogP contribution in [-0.4, -0.2) is 103 Å². The second kappa shape index (κ2) is 8.02. The average Bonchev–Trinajstić information content (AvgIpc) is 2.48. The lowest BCUT2D eigenvalue weighted by atomic mass is 9.99. The standard InChI is InChI=1S/C13H26N4O3/c18-7-5-16-3-1-14-9-11(16)13(20)12-10-15-2-4-17(12)6-8-19/h11-12,14-15,18-19H,1-10H2. The Morgan fingerprint density at radius 2 is 1.40 bits per heavy atom. The first-order valence-electron chi connectivity index (χ1n) is 7.43. The summed E-state index contributed by atoms with van der Waals surface area (Å²) in [4.78, 5) is 16.9. The predicted octanol–water partition coefficient (Wildman–Crippen LogP) is -2.91. The summed E-state index contributed by atoms with van der Waals surface area (Å²) in [6.07, 6.45) is 0. The third kappa shape index (κ3) is 3.75. The molecule has 0 spiro atoms. The highest BCUT2D eigenvalue weighted by Crippen LogP contribution is 2.12. The zero-order chi connectivity index (χ0) is 14.4. The van der Waals surface area contributed by atoms with E-state index in [-0.39, 0.29) is 31.1 Å². The Labute approximate surface area is 119 Å². The van der Waals surface area contributed by atoms with Crippen molar-refractivity contribution in [3.8, 4) is 0 Å². The molecule has 7 nitrogen and oxygen atoms in total. The zero-order valence-electron chi connectivity index (χ0n) is 11.9. The van der Waals surface area contributed by atoms with Crippen molar-refractivity contribution in [1.82, 2.24) is 20.4 Å². The number of carbonyl (C=O) groups is 1. The summed E-state index contributed by atoms with van der Waals surface area (Å²) in [6, 6.07) is -0.357. The minimum absolute atomic E-state index is 0.0764. The molecule has 20 heavy (non-hydrogen) atoms. The number of aliphatic hydroxyl groups excluding tert-OH is 2. The number of piperazine rings is 2. The summed E-state index contributed by atoms with van der Waals surface area (Å²) in [5.74, 6) is 0.186. The molecule has 0 amide bonds. The third-order valence-electron chi connectivity index (χ3n) is 4.14. The average molecular weight is 286 g/mol. The van der Waals surface area contributed by atoms with Crippen LogP contribution in [0, 0.1) is 0 Å². The van der Waals surface area contributed by atoms with Gasteiger partial charge in [0.25, 0.3) is 0 Å². The van der Waals surface area contributed by atoms with Crippen LogP contribution in [0.25, 0.3) is 0 Å². The summed E-state index contributed by atoms with van der Waals surface area (Å²) in [5, 5.41) is 24.8. The molecule has 0 radical (unpaired) electrons. The van der Waals surface area contributed by atoms with Gasteiger partial charge in [-0.3, -0.25) is 14.6 Å². The second-order valence-electron chi connectivity index (χ2n) is 5.36. The van der Waals surface area contributed by atoms with E-state index in [1.54, 1.807) is 0 Å². The molecule has 2 unspecified atom stereocenters. The minimum Gasteiger partial charge on any atom is -0.395 e. The van der Waals surface area contributed by atoms with Crippen LogP contribution in [0.2, 0.25) is 0 Å². The Morgan fingerprint density at radius 1 is 0.950 bits per heavy atom. The maximum absolute atomic E-state index is 12.8. The lowest BCUT2D eigenvalue weighted by molar-refractivity contribution is -0.131. The number of nitrogens with one attached hydrogen (secondary N) is 2. The number of hydrogen-bond acceptors (Lipinski definition) is 7. The lowest BCUT2D eigenvalue weighted by Gasteiger charge is -2.41. The van der Waals surface area contributed by atoms with Gasteiger partial charge < -0.3 is 20.8 Å². The van der Waals surface area contributed by atoms with Gasteiger partial charge >= 0.3 is 0 Å². The molecular formula is C13H26N4O3. The lowest BCUT2D eigenvalue weighted by Crippen LogP contribution is -2.63. The van der Waals surface area contributed by atoms with E-state index in [0.717, 1.165) is 26.2 Å². The molecule has 7 heteroatoms. The largest absolute Gasteiger partial charge is 0.395 e. The molecule has 2 saturated heterocycles. The fourth-order valence-corrected chi connectivity index (χ4v) is 3.07. The Kier molecular flexibility index (Phi) is 6.34. The Hall–Kier alpha value is -0.570. The van der Waals surface area contributed by atoms with Crippen molar-refractivity contribution in [3.63, 3.8) is 0 Å². The van der Waals surface area contributed by atoms with Gasteiger partial charge in [-0.2, -0.15) is 0 Å². The van der Waals surface area contributed by atoms with Crippen molar-refractivity contribution < 1.29 is 15.0 Å². The Bertz CT molecular complexity index is 284. The highest BCUT2D eigenvalue weighted by Gasteiger charge is 2.36. The van der Waals surface area contributed by atoms with Gasteiger partial charge in [-0.1, -0.05) is 0 Å². The molecule has 0 aliphatic carbocycles. The number of nitrogens with zero attached hydrogens (tertiary/aromatic N) is 2. The van der Waals surface area contributed by atoms with Crippen molar-refractivity contribution >= 4 is 5.78 Å². The number of carbonyl (C=O) groups excluding carboxylic acids is 1. The molecule has 0 aromatic rings. The van der Waals surface area contributed by atoms with Crippen LogP contribution in [0.1, 0.15) is 0 Å². The maximum atomic E-state index is 12.8. The summed E-state index contributed by atoms with van der Waals surface area (Å²) in [7, 11) is 0. The van der Waals surface area contributed by atoms with E-state index in [9.17, 15) is 4.79 Å². The fourth-order valence-electron chi connectivity index (χ4n) is 3.07. The summed E-state index contributed by atoms with van der Waals surface area (Å²) >= 11 is 0. The van der Waals surface area contributed by atoms with Crippen LogP contribution in [-0.2, 0) is 4.79 Å². The van der Waals surface area contributed by atoms with E-state index in [0.29, 0.717) is 26.2 Å². The van der Waals surface area contributed by atoms with Gasteiger partial charge in [-0.15, -0.1) is 0 Å². The minimum atomic E-state index is -0.179. The molecule has 0 bridgehead atoms. The topological polar surface area (TPSA) is 88.1 Å². The SMILES string of the molecule is O=C(C1CNCCN1CCO)C1CNCCN1CCO. The van der Waals surface area contributed by atoms with Crippen molar-refractivity contribution in [2.45, 2.75) is 12.1 Å². The molecular weight excluding hydrogens is 260 g/mol. The molecule has 2 fully saturated rings. The van der Waals surface area contributed by atoms with Crippen LogP contribution >= 0.6 is 0 Å². The molecule has 2 heterocycles. The zero-order valence-corrected chi connectivity index (χ0v) is 11.9. The quantitative estimate of drug-likeness (QED) is 0.416. The number of rotatable bonds is 6. The first-order chi connectivity index (χ1) is 9.77. The number of β-amino-alcohol motifs (C(OH)–C–C–N with tert-alkyl or cyclic N) is 2. The van der Waals surface area contributed by atoms with Gasteiger partial charge in [-0.25, -0.2) is 0 Å². The van der Waals surface area contributed by atoms with Gasteiger partial charge in [0, 0.05) is 52.4 Å². The Morgan fingerprint density at radius 3 is 1.80 bits per heavy atom. The first kappa shape index (κ1) is 15.8. The molecule has 2 aliphatic rings. The van der Waals surface area contributed by atoms with E-state index in [1.807, 2.05) is 0 Å². The summed E-state index contributed by atoms with van der Waals surface area (Å²) in [5.41, 5.74) is 0. The van der Waals surface area contributed by atoms with Crippen LogP contribution < -0.4 is 10.6 Å². The Balaban J connectivity index is 2.02. The predicted molar refractivity (Wildman–Crippen MR) is 75.6 cm³/mol. The fraction of sp³-hybridized carbons (Fsp3) is 0.923. The number of aliphatic hydroxyl groups is 2. The van der Waals surface area contributed by atoms with Crippen molar-refractivity contribution in [2.75, 3.05) is 65.6 Å². The molecule has 116 valence electrons. The van der Waals surface area contributed by atoms with Crippen LogP contribution in [0.15, 0.2) is 0 Å². The van der Waals surface area contributed by atoms with E-state index in [1.165, 1.54) is 0 Å². The molecule has 2 aliphatic heterocycles. The third-order valence-corrected chi connectivity index (χ3v) is 4.14. The van der Waals surface area contributed by atoms with Crippen molar-refractivity contribution in [1.29, 1.82) is 0 Å². The van der Waals surface area contributed by atoms with Crippen molar-refractivity contribution in [2.24, 2.45) is 0 Å². The summed E-state index contributed by atoms with van der Waals surface area (Å²) < 4.78 is 0. The van der Waals surface area contributed by atoms with Crippen molar-refractivity contribution in [3.05, 3.63) is 0 Å². The smallest absolute Gasteiger partial charge is 0.169 e. The second-order valence-corrected chi connectivity index (χ2v) is 5.36.